The Labute approximate surface area is 127 Å². The second-order valence-electron chi connectivity index (χ2n) is 6.73. The van der Waals surface area contributed by atoms with Crippen LogP contribution in [0.25, 0.3) is 0 Å². The van der Waals surface area contributed by atoms with E-state index in [0.717, 1.165) is 12.0 Å². The number of halogens is 1. The molecule has 114 valence electrons. The molecule has 0 saturated heterocycles. The lowest BCUT2D eigenvalue weighted by Gasteiger charge is -2.20. The minimum Gasteiger partial charge on any atom is -0.391 e. The number of nitrogens with one attached hydrogen (secondary N) is 1. The average Bonchev–Trinajstić information content (AvgIpc) is 2.28. The second kappa shape index (κ2) is 6.72. The van der Waals surface area contributed by atoms with Gasteiger partial charge in [0.05, 0.1) is 6.10 Å². The first-order chi connectivity index (χ1) is 9.11. The van der Waals surface area contributed by atoms with E-state index < -0.39 is 0 Å². The van der Waals surface area contributed by atoms with Gasteiger partial charge in [-0.2, -0.15) is 0 Å². The molecule has 0 aliphatic carbocycles. The van der Waals surface area contributed by atoms with Crippen LogP contribution < -0.4 is 5.32 Å². The van der Waals surface area contributed by atoms with Gasteiger partial charge in [-0.15, -0.1) is 0 Å². The Hall–Kier alpha value is -0.870. The summed E-state index contributed by atoms with van der Waals surface area (Å²) in [5.74, 6) is 1.87. The van der Waals surface area contributed by atoms with Crippen LogP contribution in [0.15, 0.2) is 0 Å². The van der Waals surface area contributed by atoms with Crippen molar-refractivity contribution in [2.75, 3.05) is 11.9 Å². The lowest BCUT2D eigenvalue weighted by Crippen LogP contribution is -2.24. The molecule has 20 heavy (non-hydrogen) atoms. The van der Waals surface area contributed by atoms with Crippen LogP contribution in [0.3, 0.4) is 0 Å². The highest BCUT2D eigenvalue weighted by Crippen LogP contribution is 2.26. The number of rotatable bonds is 5. The molecule has 4 nitrogen and oxygen atoms in total. The van der Waals surface area contributed by atoms with Crippen molar-refractivity contribution in [1.29, 1.82) is 0 Å². The molecule has 0 saturated carbocycles. The number of anilines is 1. The van der Waals surface area contributed by atoms with E-state index in [9.17, 15) is 5.11 Å². The minimum absolute atomic E-state index is 0.162. The summed E-state index contributed by atoms with van der Waals surface area (Å²) in [7, 11) is 0. The van der Waals surface area contributed by atoms with Gasteiger partial charge >= 0.3 is 0 Å². The molecule has 0 aliphatic heterocycles. The molecule has 1 aromatic heterocycles. The zero-order chi connectivity index (χ0) is 15.5. The van der Waals surface area contributed by atoms with E-state index in [0.29, 0.717) is 29.3 Å². The smallest absolute Gasteiger partial charge is 0.137 e. The summed E-state index contributed by atoms with van der Waals surface area (Å²) >= 11 is 6.17. The van der Waals surface area contributed by atoms with Crippen LogP contribution in [0.1, 0.15) is 52.4 Å². The molecule has 0 aromatic carbocycles. The zero-order valence-corrected chi connectivity index (χ0v) is 14.0. The van der Waals surface area contributed by atoms with Gasteiger partial charge in [0.2, 0.25) is 0 Å². The molecular formula is C15H26ClN3O. The second-order valence-corrected chi connectivity index (χ2v) is 7.08. The van der Waals surface area contributed by atoms with Gasteiger partial charge in [0.1, 0.15) is 16.8 Å². The van der Waals surface area contributed by atoms with Crippen LogP contribution in [0, 0.1) is 12.8 Å². The van der Waals surface area contributed by atoms with Crippen molar-refractivity contribution in [2.45, 2.75) is 59.5 Å². The van der Waals surface area contributed by atoms with Gasteiger partial charge in [0.25, 0.3) is 0 Å². The van der Waals surface area contributed by atoms with Gasteiger partial charge in [0.15, 0.2) is 0 Å². The largest absolute Gasteiger partial charge is 0.391 e. The lowest BCUT2D eigenvalue weighted by molar-refractivity contribution is 0.161. The van der Waals surface area contributed by atoms with Crippen molar-refractivity contribution in [3.05, 3.63) is 16.5 Å². The molecule has 1 aromatic rings. The summed E-state index contributed by atoms with van der Waals surface area (Å²) < 4.78 is 0. The van der Waals surface area contributed by atoms with Crippen LogP contribution in [0.2, 0.25) is 5.15 Å². The summed E-state index contributed by atoms with van der Waals surface area (Å²) in [4.78, 5) is 8.87. The molecule has 0 amide bonds. The number of hydrogen-bond acceptors (Lipinski definition) is 4. The van der Waals surface area contributed by atoms with Crippen LogP contribution in [0.4, 0.5) is 5.82 Å². The maximum absolute atomic E-state index is 9.93. The highest BCUT2D eigenvalue weighted by atomic mass is 35.5. The van der Waals surface area contributed by atoms with E-state index in [1.54, 1.807) is 0 Å². The first-order valence-electron chi connectivity index (χ1n) is 7.07. The van der Waals surface area contributed by atoms with E-state index in [4.69, 9.17) is 11.6 Å². The first kappa shape index (κ1) is 17.2. The number of aliphatic hydroxyl groups excluding tert-OH is 1. The fourth-order valence-corrected chi connectivity index (χ4v) is 2.01. The highest BCUT2D eigenvalue weighted by molar-refractivity contribution is 6.30. The van der Waals surface area contributed by atoms with Crippen LogP contribution in [-0.2, 0) is 5.41 Å². The number of hydrogen-bond donors (Lipinski definition) is 2. The Morgan fingerprint density at radius 3 is 2.35 bits per heavy atom. The van der Waals surface area contributed by atoms with Crippen molar-refractivity contribution in [1.82, 2.24) is 9.97 Å². The van der Waals surface area contributed by atoms with Gasteiger partial charge in [-0.05, 0) is 19.3 Å². The third-order valence-corrected chi connectivity index (χ3v) is 3.37. The monoisotopic (exact) mass is 299 g/mol. The number of aromatic nitrogens is 2. The molecule has 0 fully saturated rings. The van der Waals surface area contributed by atoms with Gasteiger partial charge in [0, 0.05) is 17.5 Å². The molecule has 2 N–H and O–H groups in total. The topological polar surface area (TPSA) is 58.0 Å². The summed E-state index contributed by atoms with van der Waals surface area (Å²) in [6, 6.07) is 0. The van der Waals surface area contributed by atoms with Gasteiger partial charge in [-0.3, -0.25) is 0 Å². The maximum Gasteiger partial charge on any atom is 0.137 e. The Morgan fingerprint density at radius 1 is 1.25 bits per heavy atom. The van der Waals surface area contributed by atoms with Gasteiger partial charge in [-0.1, -0.05) is 46.2 Å². The molecule has 0 spiro atoms. The van der Waals surface area contributed by atoms with Gasteiger partial charge < -0.3 is 10.4 Å². The number of aliphatic hydroxyl groups is 1. The maximum atomic E-state index is 9.93. The molecule has 1 atom stereocenters. The SMILES string of the molecule is Cc1c(Cl)nc(C(C)(C)C)nc1NCC(O)CC(C)C. The molecule has 0 bridgehead atoms. The normalized spacial score (nSPS) is 13.7. The van der Waals surface area contributed by atoms with Crippen molar-refractivity contribution >= 4 is 17.4 Å². The Morgan fingerprint density at radius 2 is 1.85 bits per heavy atom. The standard InChI is InChI=1S/C15H26ClN3O/c1-9(2)7-11(20)8-17-13-10(3)12(16)18-14(19-13)15(4,5)6/h9,11,20H,7-8H2,1-6H3,(H,17,18,19). The molecule has 0 aliphatic rings. The van der Waals surface area contributed by atoms with Crippen LogP contribution >= 0.6 is 11.6 Å². The third kappa shape index (κ3) is 4.91. The van der Waals surface area contributed by atoms with Crippen molar-refractivity contribution in [3.63, 3.8) is 0 Å². The van der Waals surface area contributed by atoms with E-state index >= 15 is 0 Å². The molecule has 0 radical (unpaired) electrons. The fourth-order valence-electron chi connectivity index (χ4n) is 1.84. The van der Waals surface area contributed by atoms with Crippen molar-refractivity contribution in [3.8, 4) is 0 Å². The highest BCUT2D eigenvalue weighted by Gasteiger charge is 2.20. The van der Waals surface area contributed by atoms with Crippen LogP contribution in [-0.4, -0.2) is 27.7 Å². The van der Waals surface area contributed by atoms with Crippen LogP contribution in [0.5, 0.6) is 0 Å². The van der Waals surface area contributed by atoms with E-state index in [1.807, 2.05) is 27.7 Å². The summed E-state index contributed by atoms with van der Waals surface area (Å²) in [6.07, 6.45) is 0.373. The zero-order valence-electron chi connectivity index (χ0n) is 13.3. The predicted octanol–water partition coefficient (Wildman–Crippen LogP) is 3.55. The number of nitrogens with zero attached hydrogens (tertiary/aromatic N) is 2. The van der Waals surface area contributed by atoms with E-state index in [2.05, 4.69) is 29.1 Å². The quantitative estimate of drug-likeness (QED) is 0.816. The molecular weight excluding hydrogens is 274 g/mol. The van der Waals surface area contributed by atoms with E-state index in [1.165, 1.54) is 0 Å². The summed E-state index contributed by atoms with van der Waals surface area (Å²) in [6.45, 7) is 12.7. The minimum atomic E-state index is -0.388. The van der Waals surface area contributed by atoms with Crippen molar-refractivity contribution in [2.24, 2.45) is 5.92 Å². The molecule has 1 rings (SSSR count). The average molecular weight is 300 g/mol. The summed E-state index contributed by atoms with van der Waals surface area (Å²) in [5, 5.41) is 13.6. The Balaban J connectivity index is 2.87. The fraction of sp³-hybridized carbons (Fsp3) is 0.733. The first-order valence-corrected chi connectivity index (χ1v) is 7.45. The Bertz CT molecular complexity index is 455. The predicted molar refractivity (Wildman–Crippen MR) is 84.4 cm³/mol. The Kier molecular flexibility index (Phi) is 5.78. The lowest BCUT2D eigenvalue weighted by atomic mass is 9.95. The third-order valence-electron chi connectivity index (χ3n) is 3.01. The molecule has 1 heterocycles. The van der Waals surface area contributed by atoms with E-state index in [-0.39, 0.29) is 11.5 Å². The van der Waals surface area contributed by atoms with Crippen molar-refractivity contribution < 1.29 is 5.11 Å². The van der Waals surface area contributed by atoms with Gasteiger partial charge in [-0.25, -0.2) is 9.97 Å². The molecule has 1 unspecified atom stereocenters. The summed E-state index contributed by atoms with van der Waals surface area (Å²) in [5.41, 5.74) is 0.654. The molecule has 5 heteroatoms.